The Kier molecular flexibility index (Phi) is 4.42. The largest absolute Gasteiger partial charge is 0.489 e. The summed E-state index contributed by atoms with van der Waals surface area (Å²) >= 11 is 0. The standard InChI is InChI=1S/C12H13NO5/c1-3-4-8(2)18-11-6-5-9(13(16)17)7-10(11)12(14)15/h3,5-8H,1,4H2,2H3,(H,14,15). The molecule has 6 nitrogen and oxygen atoms in total. The molecule has 18 heavy (non-hydrogen) atoms. The third-order valence-electron chi connectivity index (χ3n) is 2.23. The molecule has 1 atom stereocenters. The minimum Gasteiger partial charge on any atom is -0.489 e. The summed E-state index contributed by atoms with van der Waals surface area (Å²) in [5, 5.41) is 19.6. The van der Waals surface area contributed by atoms with Gasteiger partial charge in [0.15, 0.2) is 0 Å². The second kappa shape index (κ2) is 5.81. The fourth-order valence-corrected chi connectivity index (χ4v) is 1.40. The lowest BCUT2D eigenvalue weighted by molar-refractivity contribution is -0.384. The van der Waals surface area contributed by atoms with E-state index in [1.54, 1.807) is 13.0 Å². The first kappa shape index (κ1) is 13.7. The van der Waals surface area contributed by atoms with E-state index in [0.717, 1.165) is 6.07 Å². The number of nitro benzene ring substituents is 1. The topological polar surface area (TPSA) is 89.7 Å². The molecule has 0 aliphatic carbocycles. The Bertz CT molecular complexity index is 483. The van der Waals surface area contributed by atoms with E-state index in [-0.39, 0.29) is 23.1 Å². The predicted molar refractivity (Wildman–Crippen MR) is 65.0 cm³/mol. The van der Waals surface area contributed by atoms with Crippen molar-refractivity contribution in [3.05, 3.63) is 46.5 Å². The summed E-state index contributed by atoms with van der Waals surface area (Å²) in [6.45, 7) is 5.31. The summed E-state index contributed by atoms with van der Waals surface area (Å²) in [6, 6.07) is 3.49. The van der Waals surface area contributed by atoms with Crippen LogP contribution in [0.15, 0.2) is 30.9 Å². The summed E-state index contributed by atoms with van der Waals surface area (Å²) < 4.78 is 5.41. The molecule has 0 heterocycles. The first-order valence-electron chi connectivity index (χ1n) is 5.25. The Hall–Kier alpha value is -2.37. The number of carboxylic acids is 1. The van der Waals surface area contributed by atoms with Crippen molar-refractivity contribution in [1.29, 1.82) is 0 Å². The van der Waals surface area contributed by atoms with Crippen molar-refractivity contribution in [3.63, 3.8) is 0 Å². The minimum absolute atomic E-state index is 0.113. The molecule has 0 spiro atoms. The summed E-state index contributed by atoms with van der Waals surface area (Å²) in [7, 11) is 0. The van der Waals surface area contributed by atoms with Crippen LogP contribution in [0.4, 0.5) is 5.69 Å². The van der Waals surface area contributed by atoms with Crippen LogP contribution >= 0.6 is 0 Å². The highest BCUT2D eigenvalue weighted by atomic mass is 16.6. The van der Waals surface area contributed by atoms with Crippen LogP contribution in [0.25, 0.3) is 0 Å². The van der Waals surface area contributed by atoms with Crippen molar-refractivity contribution in [2.45, 2.75) is 19.4 Å². The van der Waals surface area contributed by atoms with Crippen LogP contribution in [-0.4, -0.2) is 22.1 Å². The van der Waals surface area contributed by atoms with Gasteiger partial charge in [0.1, 0.15) is 11.3 Å². The average molecular weight is 251 g/mol. The first-order valence-corrected chi connectivity index (χ1v) is 5.25. The molecule has 6 heteroatoms. The second-order valence-electron chi connectivity index (χ2n) is 3.70. The lowest BCUT2D eigenvalue weighted by atomic mass is 10.1. The molecule has 1 unspecified atom stereocenters. The fourth-order valence-electron chi connectivity index (χ4n) is 1.40. The summed E-state index contributed by atoms with van der Waals surface area (Å²) in [5.41, 5.74) is -0.503. The number of carboxylic acid groups (broad SMARTS) is 1. The molecular formula is C12H13NO5. The lowest BCUT2D eigenvalue weighted by Crippen LogP contribution is -2.13. The van der Waals surface area contributed by atoms with Gasteiger partial charge in [-0.15, -0.1) is 6.58 Å². The van der Waals surface area contributed by atoms with Gasteiger partial charge in [0, 0.05) is 18.6 Å². The van der Waals surface area contributed by atoms with E-state index < -0.39 is 10.9 Å². The molecule has 1 aromatic rings. The van der Waals surface area contributed by atoms with Gasteiger partial charge in [0.25, 0.3) is 5.69 Å². The molecule has 96 valence electrons. The molecular weight excluding hydrogens is 238 g/mol. The SMILES string of the molecule is C=CCC(C)Oc1ccc([N+](=O)[O-])cc1C(=O)O. The maximum atomic E-state index is 11.0. The highest BCUT2D eigenvalue weighted by Gasteiger charge is 2.18. The first-order chi connectivity index (χ1) is 8.45. The second-order valence-corrected chi connectivity index (χ2v) is 3.70. The van der Waals surface area contributed by atoms with Gasteiger partial charge in [-0.05, 0) is 13.0 Å². The van der Waals surface area contributed by atoms with E-state index in [0.29, 0.717) is 6.42 Å². The van der Waals surface area contributed by atoms with Gasteiger partial charge in [0.2, 0.25) is 0 Å². The van der Waals surface area contributed by atoms with Crippen molar-refractivity contribution >= 4 is 11.7 Å². The van der Waals surface area contributed by atoms with Crippen LogP contribution in [-0.2, 0) is 0 Å². The van der Waals surface area contributed by atoms with Crippen LogP contribution < -0.4 is 4.74 Å². The molecule has 0 saturated carbocycles. The zero-order chi connectivity index (χ0) is 13.7. The van der Waals surface area contributed by atoms with E-state index in [4.69, 9.17) is 9.84 Å². The van der Waals surface area contributed by atoms with Gasteiger partial charge in [-0.25, -0.2) is 4.79 Å². The number of non-ortho nitro benzene ring substituents is 1. The Morgan fingerprint density at radius 1 is 1.67 bits per heavy atom. The van der Waals surface area contributed by atoms with Crippen LogP contribution in [0.1, 0.15) is 23.7 Å². The molecule has 0 aliphatic heterocycles. The maximum absolute atomic E-state index is 11.0. The number of hydrogen-bond acceptors (Lipinski definition) is 4. The molecule has 0 amide bonds. The summed E-state index contributed by atoms with van der Waals surface area (Å²) in [6.07, 6.45) is 1.95. The predicted octanol–water partition coefficient (Wildman–Crippen LogP) is 2.64. The van der Waals surface area contributed by atoms with Crippen LogP contribution in [0.3, 0.4) is 0 Å². The van der Waals surface area contributed by atoms with Crippen LogP contribution in [0.5, 0.6) is 5.75 Å². The minimum atomic E-state index is -1.26. The average Bonchev–Trinajstić information content (AvgIpc) is 2.29. The van der Waals surface area contributed by atoms with Gasteiger partial charge in [-0.3, -0.25) is 10.1 Å². The van der Waals surface area contributed by atoms with E-state index in [1.807, 2.05) is 0 Å². The molecule has 0 aliphatic rings. The highest BCUT2D eigenvalue weighted by Crippen LogP contribution is 2.25. The monoisotopic (exact) mass is 251 g/mol. The maximum Gasteiger partial charge on any atom is 0.339 e. The van der Waals surface area contributed by atoms with Crippen molar-refractivity contribution in [2.75, 3.05) is 0 Å². The van der Waals surface area contributed by atoms with Crippen molar-refractivity contribution in [1.82, 2.24) is 0 Å². The van der Waals surface area contributed by atoms with Gasteiger partial charge < -0.3 is 9.84 Å². The molecule has 0 aromatic heterocycles. The number of carbonyl (C=O) groups is 1. The van der Waals surface area contributed by atoms with Crippen LogP contribution in [0.2, 0.25) is 0 Å². The number of rotatable bonds is 6. The number of aromatic carboxylic acids is 1. The van der Waals surface area contributed by atoms with Crippen molar-refractivity contribution < 1.29 is 19.6 Å². The summed E-state index contributed by atoms with van der Waals surface area (Å²) in [4.78, 5) is 20.9. The van der Waals surface area contributed by atoms with Gasteiger partial charge in [-0.2, -0.15) is 0 Å². The van der Waals surface area contributed by atoms with E-state index in [9.17, 15) is 14.9 Å². The van der Waals surface area contributed by atoms with Crippen LogP contribution in [0, 0.1) is 10.1 Å². The normalized spacial score (nSPS) is 11.6. The highest BCUT2D eigenvalue weighted by molar-refractivity contribution is 5.91. The Morgan fingerprint density at radius 3 is 2.83 bits per heavy atom. The van der Waals surface area contributed by atoms with Gasteiger partial charge in [0.05, 0.1) is 11.0 Å². The van der Waals surface area contributed by atoms with Crippen molar-refractivity contribution in [3.8, 4) is 5.75 Å². The molecule has 1 N–H and O–H groups in total. The van der Waals surface area contributed by atoms with Gasteiger partial charge >= 0.3 is 5.97 Å². The molecule has 0 saturated heterocycles. The van der Waals surface area contributed by atoms with Gasteiger partial charge in [-0.1, -0.05) is 6.08 Å². The van der Waals surface area contributed by atoms with E-state index in [1.165, 1.54) is 12.1 Å². The zero-order valence-corrected chi connectivity index (χ0v) is 9.83. The fraction of sp³-hybridized carbons (Fsp3) is 0.250. The number of nitro groups is 1. The number of hydrogen-bond donors (Lipinski definition) is 1. The van der Waals surface area contributed by atoms with E-state index >= 15 is 0 Å². The molecule has 1 aromatic carbocycles. The zero-order valence-electron chi connectivity index (χ0n) is 9.83. The Balaban J connectivity index is 3.07. The molecule has 1 rings (SSSR count). The molecule has 0 fully saturated rings. The Labute approximate surface area is 104 Å². The molecule has 0 bridgehead atoms. The summed E-state index contributed by atoms with van der Waals surface area (Å²) in [5.74, 6) is -1.15. The third kappa shape index (κ3) is 3.31. The Morgan fingerprint density at radius 2 is 2.33 bits per heavy atom. The van der Waals surface area contributed by atoms with Crippen molar-refractivity contribution in [2.24, 2.45) is 0 Å². The number of nitrogens with zero attached hydrogens (tertiary/aromatic N) is 1. The van der Waals surface area contributed by atoms with E-state index in [2.05, 4.69) is 6.58 Å². The number of ether oxygens (including phenoxy) is 1. The lowest BCUT2D eigenvalue weighted by Gasteiger charge is -2.14. The molecule has 0 radical (unpaired) electrons. The third-order valence-corrected chi connectivity index (χ3v) is 2.23. The quantitative estimate of drug-likeness (QED) is 0.477. The smallest absolute Gasteiger partial charge is 0.339 e. The number of benzene rings is 1.